The maximum absolute atomic E-state index is 11.5. The van der Waals surface area contributed by atoms with Crippen molar-refractivity contribution >= 4 is 82.0 Å². The van der Waals surface area contributed by atoms with Crippen LogP contribution in [0.5, 0.6) is 0 Å². The van der Waals surface area contributed by atoms with Crippen molar-refractivity contribution in [2.75, 3.05) is 7.05 Å². The van der Waals surface area contributed by atoms with Crippen LogP contribution in [-0.4, -0.2) is 80.2 Å². The predicted octanol–water partition coefficient (Wildman–Crippen LogP) is 3.81. The van der Waals surface area contributed by atoms with Crippen molar-refractivity contribution in [3.8, 4) is 0 Å². The summed E-state index contributed by atoms with van der Waals surface area (Å²) in [6.07, 6.45) is 3.39. The lowest BCUT2D eigenvalue weighted by atomic mass is 9.78. The smallest absolute Gasteiger partial charge is 0.480 e. The molecular weight excluding hydrogens is 647 g/mol. The fourth-order valence-corrected chi connectivity index (χ4v) is 5.68. The molecule has 0 radical (unpaired) electrons. The monoisotopic (exact) mass is 685 g/mol. The van der Waals surface area contributed by atoms with Crippen LogP contribution in [0.4, 0.5) is 0 Å². The maximum atomic E-state index is 11.5. The molecule has 2 aliphatic heterocycles. The van der Waals surface area contributed by atoms with Gasteiger partial charge in [-0.05, 0) is 67.5 Å². The van der Waals surface area contributed by atoms with Crippen LogP contribution in [0.1, 0.15) is 55.4 Å². The molecule has 4 heterocycles. The van der Waals surface area contributed by atoms with Gasteiger partial charge in [-0.2, -0.15) is 10.2 Å². The SMILES string of the molecule is CC1(C)OB(c2ccc3nn(CC(=O)O)cc3c2Cl)OC1(C)C.CNC(=O)Cn1cc2c(Cl)c(B3OC(C)(C)C(C)(C)O3)ccc2n1. The Morgan fingerprint density at radius 3 is 1.43 bits per heavy atom. The summed E-state index contributed by atoms with van der Waals surface area (Å²) >= 11 is 13.1. The molecule has 0 unspecified atom stereocenters. The van der Waals surface area contributed by atoms with Crippen LogP contribution < -0.4 is 16.2 Å². The topological polar surface area (TPSA) is 139 Å². The Kier molecular flexibility index (Phi) is 9.28. The largest absolute Gasteiger partial charge is 0.496 e. The zero-order valence-corrected chi connectivity index (χ0v) is 29.5. The molecule has 0 spiro atoms. The third kappa shape index (κ3) is 6.77. The normalized spacial score (nSPS) is 19.2. The number of carbonyl (C=O) groups is 2. The molecule has 250 valence electrons. The van der Waals surface area contributed by atoms with E-state index in [2.05, 4.69) is 15.5 Å². The molecule has 1 amide bonds. The summed E-state index contributed by atoms with van der Waals surface area (Å²) in [5.41, 5.74) is 1.07. The van der Waals surface area contributed by atoms with E-state index in [1.165, 1.54) is 4.68 Å². The van der Waals surface area contributed by atoms with Gasteiger partial charge in [-0.15, -0.1) is 0 Å². The van der Waals surface area contributed by atoms with Crippen molar-refractivity contribution in [2.24, 2.45) is 0 Å². The van der Waals surface area contributed by atoms with Gasteiger partial charge in [0.05, 0.1) is 43.5 Å². The van der Waals surface area contributed by atoms with Gasteiger partial charge in [0.15, 0.2) is 0 Å². The van der Waals surface area contributed by atoms with E-state index in [4.69, 9.17) is 46.9 Å². The van der Waals surface area contributed by atoms with Crippen LogP contribution >= 0.6 is 23.2 Å². The van der Waals surface area contributed by atoms with Gasteiger partial charge in [0.2, 0.25) is 5.91 Å². The van der Waals surface area contributed by atoms with E-state index >= 15 is 0 Å². The lowest BCUT2D eigenvalue weighted by Crippen LogP contribution is -2.41. The third-order valence-electron chi connectivity index (χ3n) is 9.30. The fourth-order valence-electron chi connectivity index (χ4n) is 5.08. The van der Waals surface area contributed by atoms with Gasteiger partial charge >= 0.3 is 20.2 Å². The van der Waals surface area contributed by atoms with Gasteiger partial charge in [0.1, 0.15) is 13.1 Å². The van der Waals surface area contributed by atoms with Gasteiger partial charge in [0.25, 0.3) is 0 Å². The highest BCUT2D eigenvalue weighted by Gasteiger charge is 2.53. The first kappa shape index (κ1) is 35.2. The van der Waals surface area contributed by atoms with Crippen molar-refractivity contribution in [3.63, 3.8) is 0 Å². The van der Waals surface area contributed by atoms with Gasteiger partial charge in [0, 0.05) is 41.1 Å². The van der Waals surface area contributed by atoms with Crippen LogP contribution in [0.25, 0.3) is 21.8 Å². The summed E-state index contributed by atoms with van der Waals surface area (Å²) in [6.45, 7) is 15.8. The van der Waals surface area contributed by atoms with Crippen molar-refractivity contribution in [2.45, 2.75) is 90.9 Å². The molecule has 0 aliphatic carbocycles. The van der Waals surface area contributed by atoms with Crippen molar-refractivity contribution in [1.82, 2.24) is 24.9 Å². The zero-order chi connectivity index (χ0) is 34.7. The molecule has 6 rings (SSSR count). The minimum atomic E-state index is -0.958. The van der Waals surface area contributed by atoms with Crippen LogP contribution in [0.15, 0.2) is 36.7 Å². The van der Waals surface area contributed by atoms with Crippen molar-refractivity contribution < 1.29 is 33.3 Å². The Morgan fingerprint density at radius 1 is 0.723 bits per heavy atom. The number of aliphatic carboxylic acids is 1. The first-order chi connectivity index (χ1) is 21.7. The minimum absolute atomic E-state index is 0.120. The van der Waals surface area contributed by atoms with Gasteiger partial charge < -0.3 is 29.0 Å². The quantitative estimate of drug-likeness (QED) is 0.290. The van der Waals surface area contributed by atoms with E-state index in [1.807, 2.05) is 73.6 Å². The fraction of sp³-hybridized carbons (Fsp3) is 0.484. The van der Waals surface area contributed by atoms with Crippen LogP contribution in [0.2, 0.25) is 10.0 Å². The predicted molar refractivity (Wildman–Crippen MR) is 183 cm³/mol. The second-order valence-corrected chi connectivity index (χ2v) is 14.5. The van der Waals surface area contributed by atoms with Gasteiger partial charge in [-0.3, -0.25) is 19.0 Å². The molecular formula is C31H39B2Cl2N5O7. The molecule has 0 bridgehead atoms. The number of amides is 1. The van der Waals surface area contributed by atoms with E-state index in [0.29, 0.717) is 26.4 Å². The molecule has 12 nitrogen and oxygen atoms in total. The summed E-state index contributed by atoms with van der Waals surface area (Å²) in [4.78, 5) is 22.3. The number of nitrogens with zero attached hydrogens (tertiary/aromatic N) is 4. The zero-order valence-electron chi connectivity index (χ0n) is 28.0. The molecule has 47 heavy (non-hydrogen) atoms. The Labute approximate surface area is 284 Å². The Bertz CT molecular complexity index is 1820. The molecule has 4 aromatic rings. The average molecular weight is 686 g/mol. The number of rotatable bonds is 6. The number of benzene rings is 2. The number of carbonyl (C=O) groups excluding carboxylic acids is 1. The van der Waals surface area contributed by atoms with E-state index in [1.54, 1.807) is 30.2 Å². The Morgan fingerprint density at radius 2 is 1.09 bits per heavy atom. The molecule has 2 aliphatic rings. The molecule has 2 N–H and O–H groups in total. The molecule has 2 aromatic carbocycles. The highest BCUT2D eigenvalue weighted by molar-refractivity contribution is 6.67. The average Bonchev–Trinajstić information content (AvgIpc) is 3.66. The molecule has 2 saturated heterocycles. The van der Waals surface area contributed by atoms with E-state index < -0.39 is 42.6 Å². The first-order valence-electron chi connectivity index (χ1n) is 15.2. The van der Waals surface area contributed by atoms with E-state index in [0.717, 1.165) is 16.4 Å². The first-order valence-corrected chi connectivity index (χ1v) is 16.0. The van der Waals surface area contributed by atoms with Gasteiger partial charge in [-0.1, -0.05) is 35.3 Å². The number of halogens is 2. The van der Waals surface area contributed by atoms with Crippen LogP contribution in [-0.2, 0) is 41.3 Å². The lowest BCUT2D eigenvalue weighted by Gasteiger charge is -2.32. The molecule has 0 atom stereocenters. The second-order valence-electron chi connectivity index (χ2n) is 13.7. The van der Waals surface area contributed by atoms with Crippen LogP contribution in [0.3, 0.4) is 0 Å². The molecule has 0 saturated carbocycles. The number of carboxylic acids is 1. The summed E-state index contributed by atoms with van der Waals surface area (Å²) in [5.74, 6) is -1.08. The summed E-state index contributed by atoms with van der Waals surface area (Å²) < 4.78 is 27.1. The highest BCUT2D eigenvalue weighted by Crippen LogP contribution is 2.39. The Hall–Kier alpha value is -3.13. The minimum Gasteiger partial charge on any atom is -0.480 e. The number of likely N-dealkylation sites (N-methyl/N-ethyl adjacent to an activating group) is 1. The number of fused-ring (bicyclic) bond motifs is 2. The Balaban J connectivity index is 0.000000185. The maximum Gasteiger partial charge on any atom is 0.496 e. The molecule has 16 heteroatoms. The highest BCUT2D eigenvalue weighted by atomic mass is 35.5. The lowest BCUT2D eigenvalue weighted by molar-refractivity contribution is -0.137. The van der Waals surface area contributed by atoms with E-state index in [-0.39, 0.29) is 19.0 Å². The second kappa shape index (κ2) is 12.4. The number of nitrogens with one attached hydrogen (secondary N) is 1. The number of aromatic nitrogens is 4. The standard InChI is InChI=1S/C16H21BClN3O3.C15H18BClN2O4/c1-15(2)16(3,4)24-17(23-15)11-6-7-12-10(14(11)18)8-21(20-12)9-13(22)19-5;1-14(2)15(3,4)23-16(22-14)10-5-6-11-9(13(10)17)7-19(18-11)8-12(20)21/h6-8H,9H2,1-5H3,(H,19,22);5-7H,8H2,1-4H3,(H,20,21). The summed E-state index contributed by atoms with van der Waals surface area (Å²) in [6, 6.07) is 7.33. The third-order valence-corrected chi connectivity index (χ3v) is 10.1. The molecule has 2 fully saturated rings. The molecule has 2 aromatic heterocycles. The van der Waals surface area contributed by atoms with Crippen molar-refractivity contribution in [1.29, 1.82) is 0 Å². The van der Waals surface area contributed by atoms with Gasteiger partial charge in [-0.25, -0.2) is 0 Å². The van der Waals surface area contributed by atoms with Crippen LogP contribution in [0, 0.1) is 0 Å². The number of hydrogen-bond donors (Lipinski definition) is 2. The number of hydrogen-bond acceptors (Lipinski definition) is 8. The summed E-state index contributed by atoms with van der Waals surface area (Å²) in [7, 11) is 0.489. The number of carboxylic acid groups (broad SMARTS) is 1. The van der Waals surface area contributed by atoms with E-state index in [9.17, 15) is 9.59 Å². The summed E-state index contributed by atoms with van der Waals surface area (Å²) in [5, 5.41) is 22.5. The van der Waals surface area contributed by atoms with Crippen molar-refractivity contribution in [3.05, 3.63) is 46.7 Å².